The summed E-state index contributed by atoms with van der Waals surface area (Å²) in [7, 11) is 0. The number of aryl methyl sites for hydroxylation is 1. The first kappa shape index (κ1) is 27.8. The topological polar surface area (TPSA) is 27.1 Å². The maximum absolute atomic E-state index is 6.59. The Hall–Kier alpha value is -5.67. The lowest BCUT2D eigenvalue weighted by Crippen LogP contribution is -2.07. The van der Waals surface area contributed by atoms with E-state index < -0.39 is 0 Å². The summed E-state index contributed by atoms with van der Waals surface area (Å²) in [5.41, 5.74) is 11.1. The molecule has 0 bridgehead atoms. The number of hydrogen-bond acceptors (Lipinski definition) is 2. The maximum Gasteiger partial charge on any atom is 0.153 e. The molecular formula is C43H34N2O. The standard InChI is InChI=1S/C43H34N2O/c1-5-13-28(24-27(3)4)29-14-11-15-30(25-29)41-32-16-7-9-18-34(32)42(35-19-10-8-17-33(35)41)31-22-23-37-39(26-31)46-38-21-12-20-36-43(38)45(37)40(6-2)44-36/h5,7-26H,3,6H2,1-2,4H3/b13-5-,28-24+. The lowest BCUT2D eigenvalue weighted by Gasteiger charge is -2.23. The lowest BCUT2D eigenvalue weighted by atomic mass is 9.85. The van der Waals surface area contributed by atoms with Crippen LogP contribution in [-0.4, -0.2) is 9.55 Å². The molecule has 3 heteroatoms. The number of allylic oxidation sites excluding steroid dienone is 5. The third kappa shape index (κ3) is 4.39. The number of rotatable bonds is 6. The van der Waals surface area contributed by atoms with E-state index >= 15 is 0 Å². The van der Waals surface area contributed by atoms with Crippen LogP contribution in [0.2, 0.25) is 0 Å². The zero-order chi connectivity index (χ0) is 31.4. The number of aromatic nitrogens is 2. The molecule has 3 nitrogen and oxygen atoms in total. The van der Waals surface area contributed by atoms with E-state index in [0.717, 1.165) is 57.2 Å². The minimum atomic E-state index is 0.840. The van der Waals surface area contributed by atoms with Gasteiger partial charge < -0.3 is 4.74 Å². The van der Waals surface area contributed by atoms with Gasteiger partial charge in [0.05, 0.1) is 11.2 Å². The van der Waals surface area contributed by atoms with Gasteiger partial charge in [0.15, 0.2) is 11.5 Å². The van der Waals surface area contributed by atoms with Crippen molar-refractivity contribution in [3.8, 4) is 39.4 Å². The van der Waals surface area contributed by atoms with Crippen molar-refractivity contribution >= 4 is 38.2 Å². The van der Waals surface area contributed by atoms with Crippen molar-refractivity contribution in [1.29, 1.82) is 0 Å². The van der Waals surface area contributed by atoms with Crippen LogP contribution in [0.15, 0.2) is 140 Å². The van der Waals surface area contributed by atoms with Gasteiger partial charge in [0.2, 0.25) is 0 Å². The van der Waals surface area contributed by atoms with Crippen LogP contribution >= 0.6 is 0 Å². The molecule has 6 aromatic carbocycles. The predicted molar refractivity (Wildman–Crippen MR) is 194 cm³/mol. The molecule has 1 aromatic heterocycles. The first-order valence-electron chi connectivity index (χ1n) is 15.9. The van der Waals surface area contributed by atoms with E-state index in [1.165, 1.54) is 43.8 Å². The summed E-state index contributed by atoms with van der Waals surface area (Å²) >= 11 is 0. The van der Waals surface area contributed by atoms with Gasteiger partial charge in [-0.1, -0.05) is 116 Å². The maximum atomic E-state index is 6.59. The Balaban J connectivity index is 1.37. The van der Waals surface area contributed by atoms with E-state index in [4.69, 9.17) is 9.72 Å². The van der Waals surface area contributed by atoms with Gasteiger partial charge >= 0.3 is 0 Å². The molecule has 1 aliphatic heterocycles. The number of para-hydroxylation sites is 1. The lowest BCUT2D eigenvalue weighted by molar-refractivity contribution is 0.474. The van der Waals surface area contributed by atoms with E-state index in [2.05, 4.69) is 140 Å². The third-order valence-corrected chi connectivity index (χ3v) is 8.90. The molecule has 0 saturated heterocycles. The van der Waals surface area contributed by atoms with Gasteiger partial charge in [-0.15, -0.1) is 0 Å². The number of fused-ring (bicyclic) bond motifs is 4. The average molecular weight is 595 g/mol. The Kier molecular flexibility index (Phi) is 6.69. The number of imidazole rings is 1. The van der Waals surface area contributed by atoms with Crippen molar-refractivity contribution < 1.29 is 4.74 Å². The second kappa shape index (κ2) is 11.0. The van der Waals surface area contributed by atoms with Crippen molar-refractivity contribution in [1.82, 2.24) is 9.55 Å². The van der Waals surface area contributed by atoms with Crippen molar-refractivity contribution in [2.45, 2.75) is 27.2 Å². The van der Waals surface area contributed by atoms with Crippen LogP contribution in [0.25, 0.3) is 66.1 Å². The van der Waals surface area contributed by atoms with Crippen LogP contribution in [0, 0.1) is 0 Å². The van der Waals surface area contributed by atoms with Gasteiger partial charge in [-0.05, 0) is 99.1 Å². The van der Waals surface area contributed by atoms with Crippen LogP contribution < -0.4 is 4.74 Å². The van der Waals surface area contributed by atoms with Crippen LogP contribution in [0.3, 0.4) is 0 Å². The highest BCUT2D eigenvalue weighted by Crippen LogP contribution is 2.47. The molecule has 2 heterocycles. The molecule has 0 N–H and O–H groups in total. The molecular weight excluding hydrogens is 560 g/mol. The largest absolute Gasteiger partial charge is 0.453 e. The number of benzene rings is 6. The fraction of sp³-hybridized carbons (Fsp3) is 0.0930. The zero-order valence-electron chi connectivity index (χ0n) is 26.3. The Morgan fingerprint density at radius 3 is 2.04 bits per heavy atom. The van der Waals surface area contributed by atoms with Crippen LogP contribution in [0.4, 0.5) is 0 Å². The molecule has 0 aliphatic carbocycles. The SMILES string of the molecule is C=C(C)/C=C(\C=C/C)c1cccc(-c2c3ccccc3c(-c3ccc4c(c3)Oc3cccc5nc(CC)n-4c35)c3ccccc23)c1. The normalized spacial score (nSPS) is 12.6. The zero-order valence-corrected chi connectivity index (χ0v) is 26.3. The quantitative estimate of drug-likeness (QED) is 0.141. The van der Waals surface area contributed by atoms with Crippen molar-refractivity contribution in [3.63, 3.8) is 0 Å². The number of hydrogen-bond donors (Lipinski definition) is 0. The van der Waals surface area contributed by atoms with Crippen molar-refractivity contribution in [2.24, 2.45) is 0 Å². The van der Waals surface area contributed by atoms with Crippen molar-refractivity contribution in [2.75, 3.05) is 0 Å². The Labute approximate surface area is 269 Å². The number of ether oxygens (including phenoxy) is 1. The van der Waals surface area contributed by atoms with Gasteiger partial charge in [0, 0.05) is 6.42 Å². The highest BCUT2D eigenvalue weighted by Gasteiger charge is 2.25. The Bertz CT molecular complexity index is 2360. The molecule has 0 radical (unpaired) electrons. The smallest absolute Gasteiger partial charge is 0.153 e. The molecule has 7 aromatic rings. The van der Waals surface area contributed by atoms with Crippen LogP contribution in [0.5, 0.6) is 11.5 Å². The van der Waals surface area contributed by atoms with E-state index in [0.29, 0.717) is 0 Å². The van der Waals surface area contributed by atoms with E-state index in [-0.39, 0.29) is 0 Å². The highest BCUT2D eigenvalue weighted by atomic mass is 16.5. The molecule has 0 saturated carbocycles. The Morgan fingerprint density at radius 1 is 0.761 bits per heavy atom. The molecule has 1 aliphatic rings. The van der Waals surface area contributed by atoms with E-state index in [1.54, 1.807) is 0 Å². The van der Waals surface area contributed by atoms with Gasteiger partial charge in [-0.3, -0.25) is 4.57 Å². The van der Waals surface area contributed by atoms with Crippen molar-refractivity contribution in [3.05, 3.63) is 151 Å². The summed E-state index contributed by atoms with van der Waals surface area (Å²) in [6.45, 7) is 10.4. The first-order chi connectivity index (χ1) is 22.6. The van der Waals surface area contributed by atoms with Crippen LogP contribution in [-0.2, 0) is 6.42 Å². The molecule has 0 unspecified atom stereocenters. The molecule has 0 fully saturated rings. The fourth-order valence-electron chi connectivity index (χ4n) is 7.05. The monoisotopic (exact) mass is 594 g/mol. The molecule has 46 heavy (non-hydrogen) atoms. The minimum Gasteiger partial charge on any atom is -0.453 e. The first-order valence-corrected chi connectivity index (χ1v) is 15.9. The Morgan fingerprint density at radius 2 is 1.41 bits per heavy atom. The molecule has 0 amide bonds. The summed E-state index contributed by atoms with van der Waals surface area (Å²) in [4.78, 5) is 4.92. The highest BCUT2D eigenvalue weighted by molar-refractivity contribution is 6.21. The molecule has 222 valence electrons. The summed E-state index contributed by atoms with van der Waals surface area (Å²) in [6, 6.07) is 39.2. The molecule has 0 spiro atoms. The van der Waals surface area contributed by atoms with Gasteiger partial charge in [-0.25, -0.2) is 4.98 Å². The molecule has 8 rings (SSSR count). The summed E-state index contributed by atoms with van der Waals surface area (Å²) in [6.07, 6.45) is 7.22. The minimum absolute atomic E-state index is 0.840. The second-order valence-electron chi connectivity index (χ2n) is 12.0. The van der Waals surface area contributed by atoms with Gasteiger partial charge in [0.25, 0.3) is 0 Å². The van der Waals surface area contributed by atoms with E-state index in [1.807, 2.05) is 19.1 Å². The summed E-state index contributed by atoms with van der Waals surface area (Å²) in [5.74, 6) is 2.73. The second-order valence-corrected chi connectivity index (χ2v) is 12.0. The van der Waals surface area contributed by atoms with Gasteiger partial charge in [-0.2, -0.15) is 0 Å². The fourth-order valence-corrected chi connectivity index (χ4v) is 7.05. The van der Waals surface area contributed by atoms with Crippen LogP contribution in [0.1, 0.15) is 32.2 Å². The third-order valence-electron chi connectivity index (χ3n) is 8.90. The average Bonchev–Trinajstić information content (AvgIpc) is 3.47. The number of nitrogens with zero attached hydrogens (tertiary/aromatic N) is 2. The molecule has 0 atom stereocenters. The summed E-state index contributed by atoms with van der Waals surface area (Å²) < 4.78 is 8.86. The summed E-state index contributed by atoms with van der Waals surface area (Å²) in [5, 5.41) is 4.86. The van der Waals surface area contributed by atoms with Gasteiger partial charge in [0.1, 0.15) is 11.3 Å². The van der Waals surface area contributed by atoms with E-state index in [9.17, 15) is 0 Å². The predicted octanol–water partition coefficient (Wildman–Crippen LogP) is 11.9.